The van der Waals surface area contributed by atoms with E-state index in [-0.39, 0.29) is 5.69 Å². The van der Waals surface area contributed by atoms with Crippen LogP contribution < -0.4 is 5.32 Å². The van der Waals surface area contributed by atoms with Crippen LogP contribution in [0.5, 0.6) is 0 Å². The molecule has 1 aromatic rings. The highest BCUT2D eigenvalue weighted by Gasteiger charge is 2.30. The van der Waals surface area contributed by atoms with Gasteiger partial charge in [0, 0.05) is 7.05 Å². The van der Waals surface area contributed by atoms with Gasteiger partial charge in [-0.1, -0.05) is 0 Å². The number of rotatable bonds is 1. The van der Waals surface area contributed by atoms with Crippen LogP contribution in [0, 0.1) is 5.82 Å². The topological polar surface area (TPSA) is 12.0 Å². The summed E-state index contributed by atoms with van der Waals surface area (Å²) in [5.41, 5.74) is -1.02. The summed E-state index contributed by atoms with van der Waals surface area (Å²) in [6, 6.07) is 2.22. The number of hydrogen-bond acceptors (Lipinski definition) is 1. The van der Waals surface area contributed by atoms with Gasteiger partial charge in [-0.25, -0.2) is 4.39 Å². The van der Waals surface area contributed by atoms with Gasteiger partial charge in [-0.15, -0.1) is 0 Å². The van der Waals surface area contributed by atoms with Crippen molar-refractivity contribution in [1.29, 1.82) is 0 Å². The van der Waals surface area contributed by atoms with E-state index in [2.05, 4.69) is 5.32 Å². The molecule has 0 aromatic heterocycles. The summed E-state index contributed by atoms with van der Waals surface area (Å²) in [5.74, 6) is -0.699. The molecule has 5 heteroatoms. The fraction of sp³-hybridized carbons (Fsp3) is 0.250. The first kappa shape index (κ1) is 9.83. The molecule has 0 atom stereocenters. The van der Waals surface area contributed by atoms with E-state index in [1.165, 1.54) is 7.05 Å². The SMILES string of the molecule is CNc1cc(C(F)(F)F)ccc1F. The molecular weight excluding hydrogens is 186 g/mol. The van der Waals surface area contributed by atoms with E-state index >= 15 is 0 Å². The van der Waals surface area contributed by atoms with Crippen molar-refractivity contribution in [2.24, 2.45) is 0 Å². The molecule has 0 aliphatic carbocycles. The monoisotopic (exact) mass is 193 g/mol. The highest BCUT2D eigenvalue weighted by Crippen LogP contribution is 2.31. The van der Waals surface area contributed by atoms with Crippen molar-refractivity contribution in [2.45, 2.75) is 6.18 Å². The van der Waals surface area contributed by atoms with Crippen LogP contribution in [0.3, 0.4) is 0 Å². The lowest BCUT2D eigenvalue weighted by atomic mass is 10.2. The molecule has 72 valence electrons. The van der Waals surface area contributed by atoms with Gasteiger partial charge in [0.1, 0.15) is 5.82 Å². The van der Waals surface area contributed by atoms with Crippen molar-refractivity contribution in [3.63, 3.8) is 0 Å². The van der Waals surface area contributed by atoms with Crippen LogP contribution >= 0.6 is 0 Å². The van der Waals surface area contributed by atoms with Crippen molar-refractivity contribution in [1.82, 2.24) is 0 Å². The van der Waals surface area contributed by atoms with E-state index in [1.807, 2.05) is 0 Å². The molecule has 0 heterocycles. The van der Waals surface area contributed by atoms with Gasteiger partial charge in [0.05, 0.1) is 11.3 Å². The van der Waals surface area contributed by atoms with Crippen LogP contribution in [-0.2, 0) is 6.18 Å². The number of hydrogen-bond donors (Lipinski definition) is 1. The predicted molar refractivity (Wildman–Crippen MR) is 40.9 cm³/mol. The minimum atomic E-state index is -4.43. The van der Waals surface area contributed by atoms with Crippen molar-refractivity contribution in [3.8, 4) is 0 Å². The molecule has 0 fully saturated rings. The maximum absolute atomic E-state index is 12.7. The zero-order valence-corrected chi connectivity index (χ0v) is 6.74. The smallest absolute Gasteiger partial charge is 0.386 e. The number of alkyl halides is 3. The summed E-state index contributed by atoms with van der Waals surface area (Å²) in [4.78, 5) is 0. The molecule has 0 saturated heterocycles. The Morgan fingerprint density at radius 3 is 2.31 bits per heavy atom. The van der Waals surface area contributed by atoms with Gasteiger partial charge in [-0.2, -0.15) is 13.2 Å². The maximum Gasteiger partial charge on any atom is 0.416 e. The second-order valence-electron chi connectivity index (χ2n) is 2.44. The maximum atomic E-state index is 12.7. The van der Waals surface area contributed by atoms with Crippen LogP contribution in [-0.4, -0.2) is 7.05 Å². The van der Waals surface area contributed by atoms with Gasteiger partial charge >= 0.3 is 6.18 Å². The summed E-state index contributed by atoms with van der Waals surface area (Å²) >= 11 is 0. The zero-order chi connectivity index (χ0) is 10.1. The zero-order valence-electron chi connectivity index (χ0n) is 6.74. The van der Waals surface area contributed by atoms with Gasteiger partial charge in [0.2, 0.25) is 0 Å². The number of benzene rings is 1. The number of halogens is 4. The lowest BCUT2D eigenvalue weighted by Crippen LogP contribution is -2.06. The minimum absolute atomic E-state index is 0.158. The van der Waals surface area contributed by atoms with Gasteiger partial charge in [-0.05, 0) is 18.2 Å². The number of nitrogens with one attached hydrogen (secondary N) is 1. The van der Waals surface area contributed by atoms with E-state index in [9.17, 15) is 17.6 Å². The van der Waals surface area contributed by atoms with E-state index in [0.717, 1.165) is 12.1 Å². The van der Waals surface area contributed by atoms with E-state index in [0.29, 0.717) is 6.07 Å². The lowest BCUT2D eigenvalue weighted by molar-refractivity contribution is -0.137. The Morgan fingerprint density at radius 2 is 1.85 bits per heavy atom. The third-order valence-electron chi connectivity index (χ3n) is 1.56. The molecule has 0 unspecified atom stereocenters. The second kappa shape index (κ2) is 3.24. The van der Waals surface area contributed by atoms with Crippen molar-refractivity contribution < 1.29 is 17.6 Å². The van der Waals surface area contributed by atoms with Crippen LogP contribution in [0.25, 0.3) is 0 Å². The third-order valence-corrected chi connectivity index (χ3v) is 1.56. The lowest BCUT2D eigenvalue weighted by Gasteiger charge is -2.08. The molecule has 1 nitrogen and oxygen atoms in total. The van der Waals surface area contributed by atoms with E-state index in [1.54, 1.807) is 0 Å². The molecule has 13 heavy (non-hydrogen) atoms. The fourth-order valence-electron chi connectivity index (χ4n) is 0.893. The Balaban J connectivity index is 3.14. The Hall–Kier alpha value is -1.26. The van der Waals surface area contributed by atoms with Crippen molar-refractivity contribution in [3.05, 3.63) is 29.6 Å². The molecule has 0 radical (unpaired) electrons. The average Bonchev–Trinajstić information content (AvgIpc) is 2.03. The first-order valence-corrected chi connectivity index (χ1v) is 3.49. The van der Waals surface area contributed by atoms with Crippen LogP contribution in [0.15, 0.2) is 18.2 Å². The van der Waals surface area contributed by atoms with Crippen molar-refractivity contribution >= 4 is 5.69 Å². The summed E-state index contributed by atoms with van der Waals surface area (Å²) in [6.07, 6.45) is -4.43. The molecule has 1 aromatic carbocycles. The fourth-order valence-corrected chi connectivity index (χ4v) is 0.893. The Morgan fingerprint density at radius 1 is 1.23 bits per heavy atom. The van der Waals surface area contributed by atoms with E-state index in [4.69, 9.17) is 0 Å². The van der Waals surface area contributed by atoms with Gasteiger partial charge < -0.3 is 5.32 Å². The molecule has 0 saturated carbocycles. The standard InChI is InChI=1S/C8H7F4N/c1-13-7-4-5(8(10,11)12)2-3-6(7)9/h2-4,13H,1H3. The highest BCUT2D eigenvalue weighted by atomic mass is 19.4. The molecule has 0 amide bonds. The first-order valence-electron chi connectivity index (χ1n) is 3.49. The largest absolute Gasteiger partial charge is 0.416 e. The van der Waals surface area contributed by atoms with Gasteiger partial charge in [-0.3, -0.25) is 0 Å². The summed E-state index contributed by atoms with van der Waals surface area (Å²) in [7, 11) is 1.36. The van der Waals surface area contributed by atoms with Crippen LogP contribution in [0.2, 0.25) is 0 Å². The van der Waals surface area contributed by atoms with Gasteiger partial charge in [0.15, 0.2) is 0 Å². The molecule has 0 aliphatic rings. The summed E-state index contributed by atoms with van der Waals surface area (Å²) < 4.78 is 49.0. The van der Waals surface area contributed by atoms with E-state index < -0.39 is 17.6 Å². The Bertz CT molecular complexity index is 306. The van der Waals surface area contributed by atoms with Crippen LogP contribution in [0.4, 0.5) is 23.2 Å². The van der Waals surface area contributed by atoms with Gasteiger partial charge in [0.25, 0.3) is 0 Å². The second-order valence-corrected chi connectivity index (χ2v) is 2.44. The molecule has 0 spiro atoms. The first-order chi connectivity index (χ1) is 5.95. The molecule has 0 aliphatic heterocycles. The molecule has 1 N–H and O–H groups in total. The minimum Gasteiger partial charge on any atom is -0.386 e. The molecule has 0 bridgehead atoms. The molecule has 1 rings (SSSR count). The summed E-state index contributed by atoms with van der Waals surface area (Å²) in [6.45, 7) is 0. The summed E-state index contributed by atoms with van der Waals surface area (Å²) in [5, 5.41) is 2.33. The third kappa shape index (κ3) is 2.11. The Kier molecular flexibility index (Phi) is 2.45. The number of anilines is 1. The molecular formula is C8H7F4N. The average molecular weight is 193 g/mol. The van der Waals surface area contributed by atoms with Crippen molar-refractivity contribution in [2.75, 3.05) is 12.4 Å². The predicted octanol–water partition coefficient (Wildman–Crippen LogP) is 2.89. The normalized spacial score (nSPS) is 11.5. The van der Waals surface area contributed by atoms with Crippen LogP contribution in [0.1, 0.15) is 5.56 Å². The Labute approximate surface area is 72.4 Å². The highest BCUT2D eigenvalue weighted by molar-refractivity contribution is 5.47. The quantitative estimate of drug-likeness (QED) is 0.676.